The molecule has 4 nitrogen and oxygen atoms in total. The van der Waals surface area contributed by atoms with Crippen LogP contribution >= 0.6 is 11.7 Å². The Hall–Kier alpha value is -1.75. The first-order valence-electron chi connectivity index (χ1n) is 4.14. The first kappa shape index (κ1) is 7.64. The van der Waals surface area contributed by atoms with Gasteiger partial charge in [-0.05, 0) is 12.1 Å². The first-order chi connectivity index (χ1) is 6.93. The summed E-state index contributed by atoms with van der Waals surface area (Å²) in [6.07, 6.45) is 3.57. The maximum absolute atomic E-state index is 4.18. The second-order valence-corrected chi connectivity index (χ2v) is 3.52. The topological polar surface area (TPSA) is 54.5 Å². The highest BCUT2D eigenvalue weighted by molar-refractivity contribution is 6.99. The highest BCUT2D eigenvalue weighted by Gasteiger charge is 2.02. The number of hydrogen-bond acceptors (Lipinski definition) is 4. The molecule has 0 bridgehead atoms. The van der Waals surface area contributed by atoms with E-state index in [9.17, 15) is 0 Å². The van der Waals surface area contributed by atoms with Crippen molar-refractivity contribution in [1.82, 2.24) is 18.9 Å². The summed E-state index contributed by atoms with van der Waals surface area (Å²) in [4.78, 5) is 0. The molecule has 0 aliphatic carbocycles. The summed E-state index contributed by atoms with van der Waals surface area (Å²) >= 11 is 1.22. The lowest BCUT2D eigenvalue weighted by molar-refractivity contribution is 1.12. The molecule has 14 heavy (non-hydrogen) atoms. The van der Waals surface area contributed by atoms with Crippen LogP contribution in [0.15, 0.2) is 30.6 Å². The number of nitrogens with zero attached hydrogens (tertiary/aromatic N) is 3. The minimum Gasteiger partial charge on any atom is -0.278 e. The summed E-state index contributed by atoms with van der Waals surface area (Å²) in [5.41, 5.74) is 3.03. The number of nitrogens with one attached hydrogen (secondary N) is 1. The van der Waals surface area contributed by atoms with E-state index < -0.39 is 0 Å². The van der Waals surface area contributed by atoms with E-state index in [0.717, 1.165) is 22.2 Å². The third-order valence-electron chi connectivity index (χ3n) is 2.10. The third kappa shape index (κ3) is 1.10. The fraction of sp³-hybridized carbons (Fsp3) is 0. The van der Waals surface area contributed by atoms with Crippen LogP contribution in [0.5, 0.6) is 0 Å². The number of hydrogen-bond donors (Lipinski definition) is 1. The molecule has 0 amide bonds. The molecular formula is C9H6N4S. The lowest BCUT2D eigenvalue weighted by atomic mass is 10.1. The van der Waals surface area contributed by atoms with Gasteiger partial charge in [-0.1, -0.05) is 6.07 Å². The number of fused-ring (bicyclic) bond motifs is 1. The Morgan fingerprint density at radius 3 is 3.07 bits per heavy atom. The molecule has 0 aliphatic rings. The monoisotopic (exact) mass is 202 g/mol. The number of aromatic amines is 1. The molecule has 2 aromatic heterocycles. The van der Waals surface area contributed by atoms with Gasteiger partial charge >= 0.3 is 0 Å². The van der Waals surface area contributed by atoms with Crippen molar-refractivity contribution in [2.45, 2.75) is 0 Å². The van der Waals surface area contributed by atoms with Crippen molar-refractivity contribution in [3.63, 3.8) is 0 Å². The Morgan fingerprint density at radius 2 is 2.21 bits per heavy atom. The van der Waals surface area contributed by atoms with Gasteiger partial charge in [-0.15, -0.1) is 0 Å². The van der Waals surface area contributed by atoms with Crippen molar-refractivity contribution >= 4 is 22.6 Å². The van der Waals surface area contributed by atoms with Crippen molar-refractivity contribution < 1.29 is 0 Å². The predicted molar refractivity (Wildman–Crippen MR) is 55.0 cm³/mol. The van der Waals surface area contributed by atoms with Gasteiger partial charge in [-0.2, -0.15) is 13.8 Å². The van der Waals surface area contributed by atoms with Crippen LogP contribution in [0.25, 0.3) is 22.2 Å². The van der Waals surface area contributed by atoms with Gasteiger partial charge in [0.25, 0.3) is 0 Å². The van der Waals surface area contributed by atoms with E-state index in [0.29, 0.717) is 0 Å². The Balaban J connectivity index is 2.23. The Morgan fingerprint density at radius 1 is 1.21 bits per heavy atom. The van der Waals surface area contributed by atoms with Crippen LogP contribution in [0.3, 0.4) is 0 Å². The lowest BCUT2D eigenvalue weighted by Gasteiger charge is -1.94. The van der Waals surface area contributed by atoms with Gasteiger partial charge in [0.05, 0.1) is 29.6 Å². The fourth-order valence-corrected chi connectivity index (χ4v) is 1.83. The Labute approximate surface area is 83.9 Å². The summed E-state index contributed by atoms with van der Waals surface area (Å²) in [6, 6.07) is 6.06. The van der Waals surface area contributed by atoms with E-state index in [4.69, 9.17) is 0 Å². The van der Waals surface area contributed by atoms with Gasteiger partial charge in [0.1, 0.15) is 5.69 Å². The van der Waals surface area contributed by atoms with Crippen molar-refractivity contribution in [1.29, 1.82) is 0 Å². The smallest absolute Gasteiger partial charge is 0.104 e. The van der Waals surface area contributed by atoms with E-state index >= 15 is 0 Å². The van der Waals surface area contributed by atoms with Crippen molar-refractivity contribution in [3.05, 3.63) is 30.6 Å². The van der Waals surface area contributed by atoms with Gasteiger partial charge in [0.2, 0.25) is 0 Å². The quantitative estimate of drug-likeness (QED) is 0.657. The minimum absolute atomic E-state index is 0.915. The van der Waals surface area contributed by atoms with E-state index in [1.807, 2.05) is 12.1 Å². The molecular weight excluding hydrogens is 196 g/mol. The molecule has 0 radical (unpaired) electrons. The van der Waals surface area contributed by atoms with Gasteiger partial charge in [0, 0.05) is 10.9 Å². The summed E-state index contributed by atoms with van der Waals surface area (Å²) < 4.78 is 8.15. The SMILES string of the molecule is c1cc2[nH]ncc2cc1-c1cnsn1. The number of H-pyrrole nitrogens is 1. The van der Waals surface area contributed by atoms with Crippen LogP contribution in [0.2, 0.25) is 0 Å². The zero-order chi connectivity index (χ0) is 9.38. The fourth-order valence-electron chi connectivity index (χ4n) is 1.39. The van der Waals surface area contributed by atoms with E-state index in [1.165, 1.54) is 11.7 Å². The molecule has 3 aromatic rings. The summed E-state index contributed by atoms with van der Waals surface area (Å²) in [5, 5.41) is 7.97. The summed E-state index contributed by atoms with van der Waals surface area (Å²) in [6.45, 7) is 0. The zero-order valence-electron chi connectivity index (χ0n) is 7.14. The molecule has 5 heteroatoms. The third-order valence-corrected chi connectivity index (χ3v) is 2.58. The van der Waals surface area contributed by atoms with Crippen LogP contribution < -0.4 is 0 Å². The molecule has 0 unspecified atom stereocenters. The van der Waals surface area contributed by atoms with Crippen LogP contribution in [0.4, 0.5) is 0 Å². The molecule has 0 saturated heterocycles. The average molecular weight is 202 g/mol. The second-order valence-electron chi connectivity index (χ2n) is 2.96. The maximum atomic E-state index is 4.18. The summed E-state index contributed by atoms with van der Waals surface area (Å²) in [7, 11) is 0. The van der Waals surface area contributed by atoms with Gasteiger partial charge in [0.15, 0.2) is 0 Å². The first-order valence-corrected chi connectivity index (χ1v) is 4.87. The van der Waals surface area contributed by atoms with Crippen LogP contribution in [-0.2, 0) is 0 Å². The van der Waals surface area contributed by atoms with E-state index in [2.05, 4.69) is 25.0 Å². The molecule has 1 N–H and O–H groups in total. The average Bonchev–Trinajstić information content (AvgIpc) is 2.88. The maximum Gasteiger partial charge on any atom is 0.104 e. The lowest BCUT2D eigenvalue weighted by Crippen LogP contribution is -1.76. The Bertz CT molecular complexity index is 555. The Kier molecular flexibility index (Phi) is 1.57. The largest absolute Gasteiger partial charge is 0.278 e. The van der Waals surface area contributed by atoms with Crippen LogP contribution in [0, 0.1) is 0 Å². The number of benzene rings is 1. The zero-order valence-corrected chi connectivity index (χ0v) is 7.95. The van der Waals surface area contributed by atoms with Crippen molar-refractivity contribution in [2.75, 3.05) is 0 Å². The van der Waals surface area contributed by atoms with Crippen LogP contribution in [0.1, 0.15) is 0 Å². The van der Waals surface area contributed by atoms with E-state index in [-0.39, 0.29) is 0 Å². The highest BCUT2D eigenvalue weighted by Crippen LogP contribution is 2.21. The minimum atomic E-state index is 0.915. The molecule has 3 rings (SSSR count). The van der Waals surface area contributed by atoms with E-state index in [1.54, 1.807) is 12.4 Å². The summed E-state index contributed by atoms with van der Waals surface area (Å²) in [5.74, 6) is 0. The normalized spacial score (nSPS) is 10.9. The molecule has 0 aliphatic heterocycles. The molecule has 68 valence electrons. The number of aromatic nitrogens is 4. The molecule has 1 aromatic carbocycles. The highest BCUT2D eigenvalue weighted by atomic mass is 32.1. The standard InChI is InChI=1S/C9H6N4S/c1-2-8-7(4-10-12-8)3-6(1)9-5-11-14-13-9/h1-5H,(H,10,12). The van der Waals surface area contributed by atoms with Crippen LogP contribution in [-0.4, -0.2) is 18.9 Å². The second kappa shape index (κ2) is 2.88. The molecule has 0 fully saturated rings. The number of rotatable bonds is 1. The molecule has 0 saturated carbocycles. The molecule has 0 spiro atoms. The van der Waals surface area contributed by atoms with Crippen molar-refractivity contribution in [3.8, 4) is 11.3 Å². The van der Waals surface area contributed by atoms with Crippen molar-refractivity contribution in [2.24, 2.45) is 0 Å². The molecule has 0 atom stereocenters. The predicted octanol–water partition coefficient (Wildman–Crippen LogP) is 2.08. The van der Waals surface area contributed by atoms with Gasteiger partial charge in [-0.3, -0.25) is 5.10 Å². The van der Waals surface area contributed by atoms with Gasteiger partial charge in [-0.25, -0.2) is 0 Å². The van der Waals surface area contributed by atoms with Gasteiger partial charge < -0.3 is 0 Å². The molecule has 2 heterocycles.